The van der Waals surface area contributed by atoms with Crippen LogP contribution in [0.1, 0.15) is 5.56 Å². The number of halogens is 1. The molecule has 20 heavy (non-hydrogen) atoms. The normalized spacial score (nSPS) is 15.3. The van der Waals surface area contributed by atoms with Crippen molar-refractivity contribution in [2.24, 2.45) is 0 Å². The number of carbonyl (C=O) groups excluding carboxylic acids is 2. The van der Waals surface area contributed by atoms with Gasteiger partial charge in [-0.3, -0.25) is 14.5 Å². The van der Waals surface area contributed by atoms with E-state index in [-0.39, 0.29) is 18.4 Å². The average molecular weight is 340 g/mol. The van der Waals surface area contributed by atoms with Gasteiger partial charge in [0, 0.05) is 24.1 Å². The monoisotopic (exact) mass is 339 g/mol. The molecule has 1 aromatic carbocycles. The fourth-order valence-electron chi connectivity index (χ4n) is 2.14. The van der Waals surface area contributed by atoms with Gasteiger partial charge in [0.05, 0.1) is 13.1 Å². The summed E-state index contributed by atoms with van der Waals surface area (Å²) in [5.74, 6) is -0.0837. The van der Waals surface area contributed by atoms with Crippen molar-refractivity contribution in [2.75, 3.05) is 33.2 Å². The maximum Gasteiger partial charge on any atom is 0.239 e. The summed E-state index contributed by atoms with van der Waals surface area (Å²) in [5, 5.41) is 2.71. The molecule has 0 bridgehead atoms. The molecule has 5 nitrogen and oxygen atoms in total. The first kappa shape index (κ1) is 15.0. The fourth-order valence-corrected chi connectivity index (χ4v) is 2.40. The van der Waals surface area contributed by atoms with Crippen molar-refractivity contribution in [3.63, 3.8) is 0 Å². The van der Waals surface area contributed by atoms with E-state index in [2.05, 4.69) is 21.2 Å². The number of benzene rings is 1. The summed E-state index contributed by atoms with van der Waals surface area (Å²) in [6.45, 7) is 2.34. The van der Waals surface area contributed by atoms with E-state index in [1.165, 1.54) is 0 Å². The van der Waals surface area contributed by atoms with Crippen molar-refractivity contribution in [1.82, 2.24) is 15.1 Å². The van der Waals surface area contributed by atoms with E-state index >= 15 is 0 Å². The number of hydrogen-bond acceptors (Lipinski definition) is 3. The molecular weight excluding hydrogens is 322 g/mol. The molecule has 0 aromatic heterocycles. The summed E-state index contributed by atoms with van der Waals surface area (Å²) in [6, 6.07) is 8.03. The fraction of sp³-hybridized carbons (Fsp3) is 0.429. The molecule has 1 aliphatic heterocycles. The largest absolute Gasteiger partial charge is 0.353 e. The summed E-state index contributed by atoms with van der Waals surface area (Å²) in [4.78, 5) is 26.9. The van der Waals surface area contributed by atoms with Gasteiger partial charge in [-0.1, -0.05) is 28.1 Å². The predicted octanol–water partition coefficient (Wildman–Crippen LogP) is 0.839. The van der Waals surface area contributed by atoms with E-state index in [9.17, 15) is 9.59 Å². The average Bonchev–Trinajstić information content (AvgIpc) is 2.41. The van der Waals surface area contributed by atoms with Crippen molar-refractivity contribution >= 4 is 27.7 Å². The minimum absolute atomic E-state index is 0.000498. The minimum atomic E-state index is -0.0832. The lowest BCUT2D eigenvalue weighted by molar-refractivity contribution is -0.138. The van der Waals surface area contributed by atoms with Crippen molar-refractivity contribution in [1.29, 1.82) is 0 Å². The molecule has 1 fully saturated rings. The lowest BCUT2D eigenvalue weighted by Gasteiger charge is -2.28. The van der Waals surface area contributed by atoms with Gasteiger partial charge in [-0.25, -0.2) is 0 Å². The molecule has 1 saturated heterocycles. The topological polar surface area (TPSA) is 52.7 Å². The number of carbonyl (C=O) groups is 2. The standard InChI is InChI=1S/C14H18BrN3O2/c1-17(8-11-2-4-12(15)5-3-11)10-14(20)18-7-6-16-13(19)9-18/h2-5H,6-10H2,1H3,(H,16,19). The molecule has 2 amide bonds. The highest BCUT2D eigenvalue weighted by Gasteiger charge is 2.21. The van der Waals surface area contributed by atoms with Crippen molar-refractivity contribution < 1.29 is 9.59 Å². The maximum atomic E-state index is 12.1. The Morgan fingerprint density at radius 2 is 2.10 bits per heavy atom. The second kappa shape index (κ2) is 6.85. The highest BCUT2D eigenvalue weighted by atomic mass is 79.9. The molecule has 6 heteroatoms. The van der Waals surface area contributed by atoms with Crippen LogP contribution in [0, 0.1) is 0 Å². The third-order valence-electron chi connectivity index (χ3n) is 3.16. The number of hydrogen-bond donors (Lipinski definition) is 1. The van der Waals surface area contributed by atoms with E-state index in [0.29, 0.717) is 26.2 Å². The van der Waals surface area contributed by atoms with Gasteiger partial charge in [0.25, 0.3) is 0 Å². The summed E-state index contributed by atoms with van der Waals surface area (Å²) < 4.78 is 1.04. The summed E-state index contributed by atoms with van der Waals surface area (Å²) in [6.07, 6.45) is 0. The summed E-state index contributed by atoms with van der Waals surface area (Å²) in [7, 11) is 1.91. The Balaban J connectivity index is 1.84. The number of nitrogens with one attached hydrogen (secondary N) is 1. The van der Waals surface area contributed by atoms with Crippen LogP contribution in [0.2, 0.25) is 0 Å². The van der Waals surface area contributed by atoms with Crippen LogP contribution in [0.3, 0.4) is 0 Å². The van der Waals surface area contributed by atoms with Crippen LogP contribution in [0.5, 0.6) is 0 Å². The van der Waals surface area contributed by atoms with Crippen LogP contribution in [-0.4, -0.2) is 54.8 Å². The smallest absolute Gasteiger partial charge is 0.239 e. The SMILES string of the molecule is CN(CC(=O)N1CCNC(=O)C1)Cc1ccc(Br)cc1. The molecule has 1 aromatic rings. The number of nitrogens with zero attached hydrogens (tertiary/aromatic N) is 2. The molecule has 1 N–H and O–H groups in total. The summed E-state index contributed by atoms with van der Waals surface area (Å²) >= 11 is 3.40. The Hall–Kier alpha value is -1.40. The van der Waals surface area contributed by atoms with Crippen LogP contribution in [0.15, 0.2) is 28.7 Å². The van der Waals surface area contributed by atoms with Gasteiger partial charge in [0.15, 0.2) is 0 Å². The van der Waals surface area contributed by atoms with Crippen molar-refractivity contribution in [3.8, 4) is 0 Å². The minimum Gasteiger partial charge on any atom is -0.353 e. The lowest BCUT2D eigenvalue weighted by Crippen LogP contribution is -2.52. The second-order valence-corrected chi connectivity index (χ2v) is 5.88. The van der Waals surface area contributed by atoms with Crippen LogP contribution in [-0.2, 0) is 16.1 Å². The molecule has 1 aliphatic rings. The highest BCUT2D eigenvalue weighted by Crippen LogP contribution is 2.11. The van der Waals surface area contributed by atoms with Gasteiger partial charge < -0.3 is 10.2 Å². The van der Waals surface area contributed by atoms with Gasteiger partial charge in [-0.15, -0.1) is 0 Å². The third kappa shape index (κ3) is 4.31. The highest BCUT2D eigenvalue weighted by molar-refractivity contribution is 9.10. The van der Waals surface area contributed by atoms with E-state index < -0.39 is 0 Å². The zero-order valence-corrected chi connectivity index (χ0v) is 13.0. The third-order valence-corrected chi connectivity index (χ3v) is 3.69. The van der Waals surface area contributed by atoms with E-state index in [1.54, 1.807) is 4.90 Å². The molecule has 0 unspecified atom stereocenters. The molecule has 1 heterocycles. The van der Waals surface area contributed by atoms with E-state index in [0.717, 1.165) is 10.0 Å². The molecule has 0 aliphatic carbocycles. The Morgan fingerprint density at radius 3 is 2.75 bits per heavy atom. The first-order valence-electron chi connectivity index (χ1n) is 6.52. The molecule has 0 saturated carbocycles. The van der Waals surface area contributed by atoms with E-state index in [1.807, 2.05) is 36.2 Å². The predicted molar refractivity (Wildman–Crippen MR) is 80.1 cm³/mol. The molecule has 0 radical (unpaired) electrons. The van der Waals surface area contributed by atoms with Crippen LogP contribution >= 0.6 is 15.9 Å². The molecule has 0 spiro atoms. The Morgan fingerprint density at radius 1 is 1.40 bits per heavy atom. The second-order valence-electron chi connectivity index (χ2n) is 4.96. The van der Waals surface area contributed by atoms with Crippen molar-refractivity contribution in [3.05, 3.63) is 34.3 Å². The number of rotatable bonds is 4. The van der Waals surface area contributed by atoms with Gasteiger partial charge >= 0.3 is 0 Å². The number of likely N-dealkylation sites (N-methyl/N-ethyl adjacent to an activating group) is 1. The molecule has 0 atom stereocenters. The van der Waals surface area contributed by atoms with Gasteiger partial charge in [0.1, 0.15) is 0 Å². The molecular formula is C14H18BrN3O2. The maximum absolute atomic E-state index is 12.1. The van der Waals surface area contributed by atoms with Crippen molar-refractivity contribution in [2.45, 2.75) is 6.54 Å². The number of piperazine rings is 1. The Kier molecular flexibility index (Phi) is 5.14. The summed E-state index contributed by atoms with van der Waals surface area (Å²) in [5.41, 5.74) is 1.15. The van der Waals surface area contributed by atoms with Gasteiger partial charge in [-0.05, 0) is 24.7 Å². The van der Waals surface area contributed by atoms with Crippen LogP contribution in [0.4, 0.5) is 0 Å². The van der Waals surface area contributed by atoms with Crippen LogP contribution < -0.4 is 5.32 Å². The Labute approximate surface area is 127 Å². The first-order valence-corrected chi connectivity index (χ1v) is 7.31. The van der Waals surface area contributed by atoms with Crippen LogP contribution in [0.25, 0.3) is 0 Å². The zero-order chi connectivity index (χ0) is 14.5. The van der Waals surface area contributed by atoms with Gasteiger partial charge in [0.2, 0.25) is 11.8 Å². The lowest BCUT2D eigenvalue weighted by atomic mass is 10.2. The Bertz CT molecular complexity index is 490. The molecule has 108 valence electrons. The van der Waals surface area contributed by atoms with E-state index in [4.69, 9.17) is 0 Å². The van der Waals surface area contributed by atoms with Gasteiger partial charge in [-0.2, -0.15) is 0 Å². The zero-order valence-electron chi connectivity index (χ0n) is 11.4. The first-order chi connectivity index (χ1) is 9.54. The molecule has 2 rings (SSSR count). The quantitative estimate of drug-likeness (QED) is 0.884. The number of amides is 2.